The van der Waals surface area contributed by atoms with Crippen molar-refractivity contribution in [2.45, 2.75) is 0 Å². The highest BCUT2D eigenvalue weighted by Crippen LogP contribution is 2.39. The van der Waals surface area contributed by atoms with Gasteiger partial charge in [-0.2, -0.15) is 0 Å². The maximum absolute atomic E-state index is 13.8. The van der Waals surface area contributed by atoms with Gasteiger partial charge in [-0.15, -0.1) is 0 Å². The van der Waals surface area contributed by atoms with Crippen LogP contribution in [0.25, 0.3) is 0 Å². The monoisotopic (exact) mass is 283 g/mol. The molecule has 0 N–H and O–H groups in total. The van der Waals surface area contributed by atoms with Gasteiger partial charge in [-0.3, -0.25) is 0 Å². The molecular formula is C13H9F4N3. The average molecular weight is 283 g/mol. The molecule has 0 amide bonds. The highest BCUT2D eigenvalue weighted by atomic mass is 19.2. The van der Waals surface area contributed by atoms with Crippen LogP contribution in [-0.2, 0) is 0 Å². The molecule has 20 heavy (non-hydrogen) atoms. The molecular weight excluding hydrogens is 274 g/mol. The highest BCUT2D eigenvalue weighted by Gasteiger charge is 2.30. The summed E-state index contributed by atoms with van der Waals surface area (Å²) in [5, 5.41) is 0. The smallest absolute Gasteiger partial charge is 0.199 e. The summed E-state index contributed by atoms with van der Waals surface area (Å²) in [5.41, 5.74) is 0.308. The number of hydrogen-bond acceptors (Lipinski definition) is 3. The molecule has 0 bridgehead atoms. The van der Waals surface area contributed by atoms with Crippen molar-refractivity contribution in [1.29, 1.82) is 0 Å². The van der Waals surface area contributed by atoms with Crippen molar-refractivity contribution in [2.75, 3.05) is 23.5 Å². The molecule has 3 nitrogen and oxygen atoms in total. The molecule has 0 saturated carbocycles. The topological polar surface area (TPSA) is 19.4 Å². The van der Waals surface area contributed by atoms with E-state index in [2.05, 4.69) is 4.98 Å². The molecule has 0 saturated heterocycles. The lowest BCUT2D eigenvalue weighted by molar-refractivity contribution is 0.409. The molecule has 2 heterocycles. The normalized spacial score (nSPS) is 13.8. The Hall–Kier alpha value is -2.31. The van der Waals surface area contributed by atoms with Crippen LogP contribution >= 0.6 is 0 Å². The van der Waals surface area contributed by atoms with Crippen LogP contribution in [0.1, 0.15) is 0 Å². The summed E-state index contributed by atoms with van der Waals surface area (Å²) >= 11 is 0. The summed E-state index contributed by atoms with van der Waals surface area (Å²) in [6, 6.07) is 4.07. The molecule has 1 aromatic heterocycles. The summed E-state index contributed by atoms with van der Waals surface area (Å²) in [5.74, 6) is -6.16. The lowest BCUT2D eigenvalue weighted by Crippen LogP contribution is -2.25. The van der Waals surface area contributed by atoms with E-state index >= 15 is 0 Å². The fraction of sp³-hybridized carbons (Fsp3) is 0.154. The Morgan fingerprint density at radius 2 is 1.80 bits per heavy atom. The number of anilines is 3. The first-order valence-corrected chi connectivity index (χ1v) is 5.77. The van der Waals surface area contributed by atoms with Gasteiger partial charge in [0.25, 0.3) is 0 Å². The van der Waals surface area contributed by atoms with E-state index in [9.17, 15) is 17.6 Å². The van der Waals surface area contributed by atoms with Crippen molar-refractivity contribution < 1.29 is 17.6 Å². The van der Waals surface area contributed by atoms with Gasteiger partial charge in [-0.25, -0.2) is 22.5 Å². The van der Waals surface area contributed by atoms with E-state index in [4.69, 9.17) is 0 Å². The molecule has 1 aliphatic heterocycles. The number of rotatable bonds is 1. The van der Waals surface area contributed by atoms with Gasteiger partial charge in [-0.1, -0.05) is 0 Å². The van der Waals surface area contributed by atoms with Gasteiger partial charge in [-0.05, 0) is 12.1 Å². The van der Waals surface area contributed by atoms with Crippen LogP contribution in [0.3, 0.4) is 0 Å². The second-order valence-corrected chi connectivity index (χ2v) is 4.43. The number of hydrogen-bond donors (Lipinski definition) is 0. The predicted molar refractivity (Wildman–Crippen MR) is 65.9 cm³/mol. The number of benzene rings is 1. The fourth-order valence-corrected chi connectivity index (χ4v) is 2.20. The first-order chi connectivity index (χ1) is 9.50. The standard InChI is InChI=1S/C13H9F4N3/c1-19-6-20(13-8(19)3-2-4-18-13)9-5-7(14)10(15)12(17)11(9)16/h2-5H,6H2,1H3. The molecule has 104 valence electrons. The van der Waals surface area contributed by atoms with E-state index < -0.39 is 23.3 Å². The lowest BCUT2D eigenvalue weighted by atomic mass is 10.2. The van der Waals surface area contributed by atoms with Crippen molar-refractivity contribution in [1.82, 2.24) is 4.98 Å². The Bertz CT molecular complexity index is 690. The fourth-order valence-electron chi connectivity index (χ4n) is 2.20. The van der Waals surface area contributed by atoms with Crippen molar-refractivity contribution >= 4 is 17.2 Å². The largest absolute Gasteiger partial charge is 0.354 e. The summed E-state index contributed by atoms with van der Waals surface area (Å²) < 4.78 is 53.5. The van der Waals surface area contributed by atoms with E-state index in [1.54, 1.807) is 24.1 Å². The molecule has 1 aromatic carbocycles. The van der Waals surface area contributed by atoms with Crippen LogP contribution in [-0.4, -0.2) is 18.7 Å². The Morgan fingerprint density at radius 3 is 2.55 bits per heavy atom. The second kappa shape index (κ2) is 4.36. The van der Waals surface area contributed by atoms with Crippen molar-refractivity contribution in [2.24, 2.45) is 0 Å². The quantitative estimate of drug-likeness (QED) is 0.455. The SMILES string of the molecule is CN1CN(c2cc(F)c(F)c(F)c2F)c2ncccc21. The summed E-state index contributed by atoms with van der Waals surface area (Å²) in [6.07, 6.45) is 1.49. The molecule has 0 spiro atoms. The summed E-state index contributed by atoms with van der Waals surface area (Å²) in [4.78, 5) is 7.09. The van der Waals surface area contributed by atoms with Gasteiger partial charge in [0.15, 0.2) is 29.1 Å². The van der Waals surface area contributed by atoms with Crippen LogP contribution in [0.15, 0.2) is 24.4 Å². The van der Waals surface area contributed by atoms with Crippen LogP contribution < -0.4 is 9.80 Å². The number of nitrogens with zero attached hydrogens (tertiary/aromatic N) is 3. The average Bonchev–Trinajstić information content (AvgIpc) is 2.78. The minimum Gasteiger partial charge on any atom is -0.354 e. The molecule has 0 fully saturated rings. The highest BCUT2D eigenvalue weighted by molar-refractivity contribution is 5.78. The van der Waals surface area contributed by atoms with Gasteiger partial charge in [0.2, 0.25) is 0 Å². The Labute approximate surface area is 112 Å². The molecule has 7 heteroatoms. The molecule has 0 aliphatic carbocycles. The molecule has 0 radical (unpaired) electrons. The van der Waals surface area contributed by atoms with Gasteiger partial charge in [0.1, 0.15) is 0 Å². The van der Waals surface area contributed by atoms with Crippen LogP contribution in [0.5, 0.6) is 0 Å². The molecule has 3 rings (SSSR count). The van der Waals surface area contributed by atoms with E-state index in [1.165, 1.54) is 11.1 Å². The molecule has 0 atom stereocenters. The first kappa shape index (κ1) is 12.7. The predicted octanol–water partition coefficient (Wildman–Crippen LogP) is 3.18. The third-order valence-corrected chi connectivity index (χ3v) is 3.16. The maximum Gasteiger partial charge on any atom is 0.199 e. The zero-order valence-electron chi connectivity index (χ0n) is 10.4. The van der Waals surface area contributed by atoms with Gasteiger partial charge in [0.05, 0.1) is 18.0 Å². The summed E-state index contributed by atoms with van der Waals surface area (Å²) in [6.45, 7) is 0.160. The van der Waals surface area contributed by atoms with Crippen molar-refractivity contribution in [3.63, 3.8) is 0 Å². The van der Waals surface area contributed by atoms with E-state index in [0.717, 1.165) is 0 Å². The zero-order chi connectivity index (χ0) is 14.4. The van der Waals surface area contributed by atoms with Gasteiger partial charge >= 0.3 is 0 Å². The Kier molecular flexibility index (Phi) is 2.77. The molecule has 1 aliphatic rings. The molecule has 2 aromatic rings. The number of aromatic nitrogens is 1. The Morgan fingerprint density at radius 1 is 1.05 bits per heavy atom. The van der Waals surface area contributed by atoms with Crippen LogP contribution in [0, 0.1) is 23.3 Å². The number of halogens is 4. The van der Waals surface area contributed by atoms with Crippen molar-refractivity contribution in [3.8, 4) is 0 Å². The van der Waals surface area contributed by atoms with E-state index in [0.29, 0.717) is 17.6 Å². The number of fused-ring (bicyclic) bond motifs is 1. The Balaban J connectivity index is 2.17. The number of pyridine rings is 1. The third-order valence-electron chi connectivity index (χ3n) is 3.16. The lowest BCUT2D eigenvalue weighted by Gasteiger charge is -2.19. The van der Waals surface area contributed by atoms with Crippen LogP contribution in [0.4, 0.5) is 34.8 Å². The zero-order valence-corrected chi connectivity index (χ0v) is 10.4. The van der Waals surface area contributed by atoms with Gasteiger partial charge in [0, 0.05) is 19.3 Å². The molecule has 0 unspecified atom stereocenters. The second-order valence-electron chi connectivity index (χ2n) is 4.43. The summed E-state index contributed by atoms with van der Waals surface area (Å²) in [7, 11) is 1.73. The maximum atomic E-state index is 13.8. The minimum absolute atomic E-state index is 0.160. The first-order valence-electron chi connectivity index (χ1n) is 5.77. The van der Waals surface area contributed by atoms with E-state index in [1.807, 2.05) is 0 Å². The minimum atomic E-state index is -1.83. The van der Waals surface area contributed by atoms with Crippen LogP contribution in [0.2, 0.25) is 0 Å². The third kappa shape index (κ3) is 1.70. The van der Waals surface area contributed by atoms with Crippen molar-refractivity contribution in [3.05, 3.63) is 47.7 Å². The van der Waals surface area contributed by atoms with Gasteiger partial charge < -0.3 is 9.80 Å². The van der Waals surface area contributed by atoms with E-state index in [-0.39, 0.29) is 12.4 Å².